The first kappa shape index (κ1) is 25.2. The number of hydrogen-bond acceptors (Lipinski definition) is 8. The first-order valence-electron chi connectivity index (χ1n) is 8.88. The van der Waals surface area contributed by atoms with Gasteiger partial charge in [0.25, 0.3) is 0 Å². The summed E-state index contributed by atoms with van der Waals surface area (Å²) >= 11 is 0. The minimum absolute atomic E-state index is 0.109. The second-order valence-corrected chi connectivity index (χ2v) is 6.82. The highest BCUT2D eigenvalue weighted by atomic mass is 19.4. The first-order chi connectivity index (χ1) is 13.8. The number of esters is 3. The van der Waals surface area contributed by atoms with Crippen molar-refractivity contribution in [2.45, 2.75) is 39.7 Å². The first-order valence-corrected chi connectivity index (χ1v) is 8.88. The van der Waals surface area contributed by atoms with Crippen LogP contribution in [0.25, 0.3) is 0 Å². The number of aliphatic hydroxyl groups is 1. The molecule has 1 N–H and O–H groups in total. The lowest BCUT2D eigenvalue weighted by atomic mass is 9.91. The van der Waals surface area contributed by atoms with Crippen LogP contribution in [-0.2, 0) is 23.8 Å². The highest BCUT2D eigenvalue weighted by molar-refractivity contribution is 5.90. The molecule has 0 saturated heterocycles. The zero-order valence-electron chi connectivity index (χ0n) is 16.7. The summed E-state index contributed by atoms with van der Waals surface area (Å²) in [6.45, 7) is 3.54. The van der Waals surface area contributed by atoms with E-state index in [-0.39, 0.29) is 12.2 Å². The minimum atomic E-state index is -4.86. The summed E-state index contributed by atoms with van der Waals surface area (Å²) in [4.78, 5) is 35.1. The Balaban J connectivity index is 2.35. The summed E-state index contributed by atoms with van der Waals surface area (Å²) in [6.07, 6.45) is -5.58. The quantitative estimate of drug-likeness (QED) is 0.441. The lowest BCUT2D eigenvalue weighted by Crippen LogP contribution is -2.31. The Morgan fingerprint density at radius 3 is 2.10 bits per heavy atom. The number of rotatable bonds is 10. The van der Waals surface area contributed by atoms with Crippen LogP contribution in [0.15, 0.2) is 24.3 Å². The Morgan fingerprint density at radius 1 is 1.00 bits per heavy atom. The Bertz CT molecular complexity index is 728. The van der Waals surface area contributed by atoms with Gasteiger partial charge in [0.05, 0.1) is 11.0 Å². The third-order valence-corrected chi connectivity index (χ3v) is 3.92. The van der Waals surface area contributed by atoms with E-state index >= 15 is 0 Å². The van der Waals surface area contributed by atoms with Crippen molar-refractivity contribution in [2.75, 3.05) is 19.8 Å². The van der Waals surface area contributed by atoms with Gasteiger partial charge in [-0.1, -0.05) is 6.92 Å². The van der Waals surface area contributed by atoms with E-state index in [2.05, 4.69) is 9.47 Å². The van der Waals surface area contributed by atoms with Crippen molar-refractivity contribution in [3.63, 3.8) is 0 Å². The lowest BCUT2D eigenvalue weighted by Gasteiger charge is -2.21. The SMILES string of the molecule is CCC(C)(C)C(=O)OCC(O)COC(=O)COC(=O)c1ccc(OC(F)(F)F)cc1. The number of halogens is 3. The minimum Gasteiger partial charge on any atom is -0.462 e. The zero-order valence-corrected chi connectivity index (χ0v) is 16.7. The van der Waals surface area contributed by atoms with E-state index in [9.17, 15) is 32.7 Å². The monoisotopic (exact) mass is 436 g/mol. The molecule has 0 heterocycles. The maximum atomic E-state index is 12.1. The van der Waals surface area contributed by atoms with Gasteiger partial charge in [0.2, 0.25) is 0 Å². The highest BCUT2D eigenvalue weighted by Crippen LogP contribution is 2.23. The third kappa shape index (κ3) is 9.12. The molecular formula is C19H23F3O8. The summed E-state index contributed by atoms with van der Waals surface area (Å²) in [5.74, 6) is -2.96. The summed E-state index contributed by atoms with van der Waals surface area (Å²) in [7, 11) is 0. The van der Waals surface area contributed by atoms with E-state index in [0.717, 1.165) is 24.3 Å². The molecule has 1 unspecified atom stereocenters. The predicted octanol–water partition coefficient (Wildman–Crippen LogP) is 2.63. The van der Waals surface area contributed by atoms with Crippen LogP contribution in [0, 0.1) is 5.41 Å². The van der Waals surface area contributed by atoms with Crippen LogP contribution >= 0.6 is 0 Å². The fraction of sp³-hybridized carbons (Fsp3) is 0.526. The molecule has 0 amide bonds. The molecule has 11 heteroatoms. The van der Waals surface area contributed by atoms with E-state index in [4.69, 9.17) is 9.47 Å². The molecular weight excluding hydrogens is 413 g/mol. The topological polar surface area (TPSA) is 108 Å². The fourth-order valence-corrected chi connectivity index (χ4v) is 1.79. The molecule has 168 valence electrons. The number of benzene rings is 1. The van der Waals surface area contributed by atoms with E-state index in [1.54, 1.807) is 13.8 Å². The van der Waals surface area contributed by atoms with Gasteiger partial charge in [0.15, 0.2) is 6.61 Å². The number of hydrogen-bond donors (Lipinski definition) is 1. The van der Waals surface area contributed by atoms with Crippen molar-refractivity contribution in [2.24, 2.45) is 5.41 Å². The number of carbonyl (C=O) groups is 3. The molecule has 1 rings (SSSR count). The van der Waals surface area contributed by atoms with Crippen molar-refractivity contribution in [3.8, 4) is 5.75 Å². The van der Waals surface area contributed by atoms with Gasteiger partial charge in [0, 0.05) is 0 Å². The fourth-order valence-electron chi connectivity index (χ4n) is 1.79. The average molecular weight is 436 g/mol. The van der Waals surface area contributed by atoms with Crippen LogP contribution in [0.1, 0.15) is 37.6 Å². The van der Waals surface area contributed by atoms with Crippen molar-refractivity contribution in [3.05, 3.63) is 29.8 Å². The van der Waals surface area contributed by atoms with Gasteiger partial charge in [-0.2, -0.15) is 0 Å². The molecule has 0 aliphatic rings. The van der Waals surface area contributed by atoms with E-state index in [1.165, 1.54) is 0 Å². The summed E-state index contributed by atoms with van der Waals surface area (Å²) in [5, 5.41) is 9.69. The standard InChI is InChI=1S/C19H23F3O8/c1-4-18(2,3)17(26)29-10-13(23)9-27-15(24)11-28-16(25)12-5-7-14(8-6-12)30-19(20,21)22/h5-8,13,23H,4,9-11H2,1-3H3. The summed E-state index contributed by atoms with van der Waals surface area (Å²) in [5.41, 5.74) is -0.815. The molecule has 0 aliphatic carbocycles. The van der Waals surface area contributed by atoms with Crippen molar-refractivity contribution < 1.29 is 51.6 Å². The molecule has 8 nitrogen and oxygen atoms in total. The molecule has 0 radical (unpaired) electrons. The molecule has 0 fully saturated rings. The molecule has 1 atom stereocenters. The largest absolute Gasteiger partial charge is 0.573 e. The Labute approximate surface area is 170 Å². The van der Waals surface area contributed by atoms with Gasteiger partial charge in [0.1, 0.15) is 25.1 Å². The summed E-state index contributed by atoms with van der Waals surface area (Å²) < 4.78 is 54.3. The van der Waals surface area contributed by atoms with Crippen LogP contribution in [0.3, 0.4) is 0 Å². The lowest BCUT2D eigenvalue weighted by molar-refractivity contribution is -0.274. The number of carbonyl (C=O) groups excluding carboxylic acids is 3. The van der Waals surface area contributed by atoms with Gasteiger partial charge in [-0.05, 0) is 44.5 Å². The molecule has 0 bridgehead atoms. The normalized spacial score (nSPS) is 12.6. The zero-order chi connectivity index (χ0) is 22.9. The molecule has 0 aromatic heterocycles. The third-order valence-electron chi connectivity index (χ3n) is 3.92. The molecule has 0 spiro atoms. The second kappa shape index (κ2) is 10.8. The maximum Gasteiger partial charge on any atom is 0.573 e. The molecule has 0 saturated carbocycles. The van der Waals surface area contributed by atoms with Gasteiger partial charge in [-0.15, -0.1) is 13.2 Å². The van der Waals surface area contributed by atoms with Gasteiger partial charge in [-0.3, -0.25) is 4.79 Å². The van der Waals surface area contributed by atoms with Crippen molar-refractivity contribution >= 4 is 17.9 Å². The number of aliphatic hydroxyl groups excluding tert-OH is 1. The Morgan fingerprint density at radius 2 is 1.57 bits per heavy atom. The molecule has 30 heavy (non-hydrogen) atoms. The number of alkyl halides is 3. The van der Waals surface area contributed by atoms with E-state index in [1.807, 2.05) is 6.92 Å². The van der Waals surface area contributed by atoms with Crippen LogP contribution in [0.5, 0.6) is 5.75 Å². The van der Waals surface area contributed by atoms with Crippen molar-refractivity contribution in [1.82, 2.24) is 0 Å². The van der Waals surface area contributed by atoms with Crippen LogP contribution in [0.2, 0.25) is 0 Å². The predicted molar refractivity (Wildman–Crippen MR) is 95.4 cm³/mol. The maximum absolute atomic E-state index is 12.1. The van der Waals surface area contributed by atoms with Gasteiger partial charge in [-0.25, -0.2) is 9.59 Å². The van der Waals surface area contributed by atoms with Crippen molar-refractivity contribution in [1.29, 1.82) is 0 Å². The van der Waals surface area contributed by atoms with Crippen LogP contribution in [0.4, 0.5) is 13.2 Å². The summed E-state index contributed by atoms with van der Waals surface area (Å²) in [6, 6.07) is 3.90. The van der Waals surface area contributed by atoms with Crippen LogP contribution < -0.4 is 4.74 Å². The van der Waals surface area contributed by atoms with Gasteiger partial charge >= 0.3 is 24.3 Å². The Kier molecular flexibility index (Phi) is 9.09. The smallest absolute Gasteiger partial charge is 0.462 e. The van der Waals surface area contributed by atoms with Crippen LogP contribution in [-0.4, -0.2) is 55.3 Å². The molecule has 1 aromatic rings. The van der Waals surface area contributed by atoms with E-state index < -0.39 is 54.8 Å². The molecule has 0 aliphatic heterocycles. The van der Waals surface area contributed by atoms with E-state index in [0.29, 0.717) is 6.42 Å². The Hall–Kier alpha value is -2.82. The highest BCUT2D eigenvalue weighted by Gasteiger charge is 2.31. The second-order valence-electron chi connectivity index (χ2n) is 6.82. The molecule has 1 aromatic carbocycles. The van der Waals surface area contributed by atoms with Gasteiger partial charge < -0.3 is 24.1 Å². The number of ether oxygens (including phenoxy) is 4. The average Bonchev–Trinajstić information content (AvgIpc) is 2.67.